The average molecular weight is 458 g/mol. The number of fused-ring (bicyclic) bond motifs is 4. The molecule has 2 aromatic rings. The van der Waals surface area contributed by atoms with E-state index in [9.17, 15) is 9.59 Å². The normalized spacial score (nSPS) is 21.5. The van der Waals surface area contributed by atoms with Crippen molar-refractivity contribution in [3.05, 3.63) is 46.0 Å². The summed E-state index contributed by atoms with van der Waals surface area (Å²) in [4.78, 5) is 31.3. The number of nitrogens with one attached hydrogen (secondary N) is 1. The lowest BCUT2D eigenvalue weighted by atomic mass is 9.88. The van der Waals surface area contributed by atoms with Gasteiger partial charge in [-0.25, -0.2) is 9.69 Å². The van der Waals surface area contributed by atoms with Crippen molar-refractivity contribution >= 4 is 35.1 Å². The largest absolute Gasteiger partial charge is 0.477 e. The van der Waals surface area contributed by atoms with E-state index in [-0.39, 0.29) is 6.54 Å². The van der Waals surface area contributed by atoms with Crippen molar-refractivity contribution in [3.8, 4) is 5.88 Å². The fourth-order valence-electron chi connectivity index (χ4n) is 4.30. The van der Waals surface area contributed by atoms with Gasteiger partial charge in [0.05, 0.1) is 37.6 Å². The molecule has 1 fully saturated rings. The van der Waals surface area contributed by atoms with Gasteiger partial charge in [0.25, 0.3) is 5.91 Å². The minimum absolute atomic E-state index is 0.0568. The summed E-state index contributed by atoms with van der Waals surface area (Å²) in [7, 11) is 0. The van der Waals surface area contributed by atoms with Gasteiger partial charge in [0, 0.05) is 28.0 Å². The molecule has 3 aliphatic rings. The van der Waals surface area contributed by atoms with Gasteiger partial charge < -0.3 is 19.5 Å². The smallest absolute Gasteiger partial charge is 0.417 e. The third kappa shape index (κ3) is 3.67. The van der Waals surface area contributed by atoms with Crippen LogP contribution in [-0.4, -0.2) is 47.3 Å². The van der Waals surface area contributed by atoms with Crippen LogP contribution < -0.4 is 10.1 Å². The number of benzene rings is 1. The number of imide groups is 1. The predicted octanol–water partition coefficient (Wildman–Crippen LogP) is 4.49. The van der Waals surface area contributed by atoms with Gasteiger partial charge in [-0.15, -0.1) is 0 Å². The Kier molecular flexibility index (Phi) is 5.02. The highest BCUT2D eigenvalue weighted by Crippen LogP contribution is 2.41. The van der Waals surface area contributed by atoms with Crippen molar-refractivity contribution in [2.45, 2.75) is 38.8 Å². The fraction of sp³-hybridized carbons (Fsp3) is 0.435. The molecule has 1 aromatic heterocycles. The van der Waals surface area contributed by atoms with Crippen molar-refractivity contribution in [2.24, 2.45) is 5.92 Å². The van der Waals surface area contributed by atoms with Crippen LogP contribution in [0.3, 0.4) is 0 Å². The second-order valence-corrected chi connectivity index (χ2v) is 9.66. The molecular formula is C23H24ClN3O5. The molecule has 0 spiro atoms. The molecule has 2 amide bonds. The summed E-state index contributed by atoms with van der Waals surface area (Å²) in [5, 5.41) is 3.61. The Labute approximate surface area is 190 Å². The van der Waals surface area contributed by atoms with Crippen LogP contribution in [0.5, 0.6) is 5.88 Å². The number of amides is 2. The number of hydrogen-bond donors (Lipinski definition) is 1. The van der Waals surface area contributed by atoms with Crippen LogP contribution in [0.2, 0.25) is 5.02 Å². The summed E-state index contributed by atoms with van der Waals surface area (Å²) in [5.41, 5.74) is 1.76. The standard InChI is InChI=1S/C23H24ClN3O5/c1-23(2,3)32-22(29)27-8-14-16(24)5-6-17(19(14)21(27)28)25-18-7-4-13-15-11-30-9-12(15)10-31-20(13)26-18/h4-7,12,15H,8-11H2,1-3H3,(H,25,26). The number of nitrogens with zero attached hydrogens (tertiary/aromatic N) is 2. The maximum atomic E-state index is 13.1. The SMILES string of the molecule is CC(C)(C)OC(=O)N1Cc2c(Cl)ccc(Nc3ccc4c(n3)OCC3COCC43)c2C1=O. The van der Waals surface area contributed by atoms with Crippen molar-refractivity contribution in [3.63, 3.8) is 0 Å². The third-order valence-corrected chi connectivity index (χ3v) is 6.18. The Morgan fingerprint density at radius 2 is 2.03 bits per heavy atom. The predicted molar refractivity (Wildman–Crippen MR) is 118 cm³/mol. The molecule has 5 rings (SSSR count). The van der Waals surface area contributed by atoms with Gasteiger partial charge >= 0.3 is 6.09 Å². The number of pyridine rings is 1. The summed E-state index contributed by atoms with van der Waals surface area (Å²) in [5.74, 6) is 1.31. The fourth-order valence-corrected chi connectivity index (χ4v) is 4.52. The summed E-state index contributed by atoms with van der Waals surface area (Å²) >= 11 is 6.35. The third-order valence-electron chi connectivity index (χ3n) is 5.83. The van der Waals surface area contributed by atoms with Crippen molar-refractivity contribution in [2.75, 3.05) is 25.1 Å². The van der Waals surface area contributed by atoms with Crippen LogP contribution in [0.4, 0.5) is 16.3 Å². The number of anilines is 2. The second-order valence-electron chi connectivity index (χ2n) is 9.25. The lowest BCUT2D eigenvalue weighted by Crippen LogP contribution is -2.37. The highest BCUT2D eigenvalue weighted by molar-refractivity contribution is 6.32. The number of carbonyl (C=O) groups is 2. The zero-order valence-electron chi connectivity index (χ0n) is 18.1. The van der Waals surface area contributed by atoms with E-state index in [4.69, 9.17) is 25.8 Å². The number of ether oxygens (including phenoxy) is 3. The van der Waals surface area contributed by atoms with E-state index in [1.807, 2.05) is 12.1 Å². The first-order chi connectivity index (χ1) is 15.2. The molecule has 1 saturated heterocycles. The zero-order valence-corrected chi connectivity index (χ0v) is 18.9. The lowest BCUT2D eigenvalue weighted by Gasteiger charge is -2.26. The summed E-state index contributed by atoms with van der Waals surface area (Å²) < 4.78 is 16.8. The molecule has 8 nitrogen and oxygen atoms in total. The molecule has 9 heteroatoms. The first kappa shape index (κ1) is 21.0. The van der Waals surface area contributed by atoms with Gasteiger partial charge in [-0.1, -0.05) is 11.6 Å². The Balaban J connectivity index is 1.42. The number of halogens is 1. The molecule has 4 heterocycles. The first-order valence-electron chi connectivity index (χ1n) is 10.6. The van der Waals surface area contributed by atoms with E-state index in [0.717, 1.165) is 10.5 Å². The number of aromatic nitrogens is 1. The molecule has 32 heavy (non-hydrogen) atoms. The number of hydrogen-bond acceptors (Lipinski definition) is 7. The van der Waals surface area contributed by atoms with E-state index < -0.39 is 17.6 Å². The van der Waals surface area contributed by atoms with Crippen LogP contribution in [0, 0.1) is 5.92 Å². The molecule has 168 valence electrons. The molecule has 3 aliphatic heterocycles. The van der Waals surface area contributed by atoms with Crippen LogP contribution in [0.25, 0.3) is 0 Å². The van der Waals surface area contributed by atoms with Gasteiger partial charge in [0.1, 0.15) is 11.4 Å². The van der Waals surface area contributed by atoms with Crippen LogP contribution in [0.15, 0.2) is 24.3 Å². The minimum atomic E-state index is -0.715. The Morgan fingerprint density at radius 1 is 1.22 bits per heavy atom. The van der Waals surface area contributed by atoms with Gasteiger partial charge in [0.2, 0.25) is 5.88 Å². The van der Waals surface area contributed by atoms with E-state index in [1.54, 1.807) is 32.9 Å². The molecular weight excluding hydrogens is 434 g/mol. The molecule has 1 aromatic carbocycles. The topological polar surface area (TPSA) is 90.0 Å². The number of rotatable bonds is 2. The summed E-state index contributed by atoms with van der Waals surface area (Å²) in [6.45, 7) is 7.27. The maximum absolute atomic E-state index is 13.1. The van der Waals surface area contributed by atoms with Crippen LogP contribution >= 0.6 is 11.6 Å². The average Bonchev–Trinajstić information content (AvgIpc) is 3.34. The Morgan fingerprint density at radius 3 is 2.81 bits per heavy atom. The Bertz CT molecular complexity index is 1110. The molecule has 0 aliphatic carbocycles. The van der Waals surface area contributed by atoms with E-state index in [0.29, 0.717) is 65.2 Å². The molecule has 0 bridgehead atoms. The Hall–Kier alpha value is -2.84. The highest BCUT2D eigenvalue weighted by Gasteiger charge is 2.39. The maximum Gasteiger partial charge on any atom is 0.417 e. The molecule has 2 atom stereocenters. The highest BCUT2D eigenvalue weighted by atomic mass is 35.5. The van der Waals surface area contributed by atoms with E-state index >= 15 is 0 Å². The minimum Gasteiger partial charge on any atom is -0.477 e. The van der Waals surface area contributed by atoms with Crippen LogP contribution in [-0.2, 0) is 16.0 Å². The van der Waals surface area contributed by atoms with E-state index in [2.05, 4.69) is 10.3 Å². The first-order valence-corrected chi connectivity index (χ1v) is 10.9. The van der Waals surface area contributed by atoms with Crippen molar-refractivity contribution < 1.29 is 23.8 Å². The lowest BCUT2D eigenvalue weighted by molar-refractivity contribution is 0.0248. The summed E-state index contributed by atoms with van der Waals surface area (Å²) in [6, 6.07) is 7.25. The quantitative estimate of drug-likeness (QED) is 0.710. The second kappa shape index (κ2) is 7.64. The van der Waals surface area contributed by atoms with Crippen molar-refractivity contribution in [1.29, 1.82) is 0 Å². The van der Waals surface area contributed by atoms with Crippen molar-refractivity contribution in [1.82, 2.24) is 9.88 Å². The molecule has 1 N–H and O–H groups in total. The molecule has 0 radical (unpaired) electrons. The molecule has 0 saturated carbocycles. The van der Waals surface area contributed by atoms with E-state index in [1.165, 1.54) is 0 Å². The summed E-state index contributed by atoms with van der Waals surface area (Å²) in [6.07, 6.45) is -0.700. The van der Waals surface area contributed by atoms with Gasteiger partial charge in [0.15, 0.2) is 0 Å². The monoisotopic (exact) mass is 457 g/mol. The molecule has 2 unspecified atom stereocenters. The van der Waals surface area contributed by atoms with Gasteiger partial charge in [-0.3, -0.25) is 4.79 Å². The van der Waals surface area contributed by atoms with Crippen LogP contribution in [0.1, 0.15) is 48.2 Å². The van der Waals surface area contributed by atoms with Gasteiger partial charge in [-0.2, -0.15) is 4.98 Å². The number of carbonyl (C=O) groups excluding carboxylic acids is 2. The van der Waals surface area contributed by atoms with Gasteiger partial charge in [-0.05, 0) is 45.0 Å². The zero-order chi connectivity index (χ0) is 22.6.